The lowest BCUT2D eigenvalue weighted by molar-refractivity contribution is -0.139. The number of hydrogen-bond acceptors (Lipinski definition) is 4. The molecule has 2 heterocycles. The topological polar surface area (TPSA) is 82.1 Å². The molecule has 2 N–H and O–H groups in total. The number of aliphatic hydroxyl groups is 1. The van der Waals surface area contributed by atoms with Crippen LogP contribution in [0.1, 0.15) is 32.9 Å². The van der Waals surface area contributed by atoms with Gasteiger partial charge in [-0.3, -0.25) is 9.89 Å². The van der Waals surface area contributed by atoms with Crippen LogP contribution >= 0.6 is 0 Å². The van der Waals surface area contributed by atoms with Crippen LogP contribution in [0, 0.1) is 5.41 Å². The highest BCUT2D eigenvalue weighted by molar-refractivity contribution is 5.81. The Morgan fingerprint density at radius 3 is 2.82 bits per heavy atom. The van der Waals surface area contributed by atoms with Gasteiger partial charge in [0.15, 0.2) is 0 Å². The maximum absolute atomic E-state index is 12.1. The van der Waals surface area contributed by atoms with Gasteiger partial charge in [0, 0.05) is 24.6 Å². The van der Waals surface area contributed by atoms with Crippen molar-refractivity contribution in [3.63, 3.8) is 0 Å². The molecule has 1 amide bonds. The Morgan fingerprint density at radius 2 is 2.29 bits per heavy atom. The van der Waals surface area contributed by atoms with E-state index in [2.05, 4.69) is 15.4 Å². The van der Waals surface area contributed by atoms with Crippen LogP contribution < -0.4 is 0 Å². The number of carbonyl (C=O) groups is 1. The van der Waals surface area contributed by atoms with Gasteiger partial charge in [0.1, 0.15) is 11.3 Å². The van der Waals surface area contributed by atoms with Gasteiger partial charge in [-0.15, -0.1) is 5.10 Å². The summed E-state index contributed by atoms with van der Waals surface area (Å²) < 4.78 is 0. The van der Waals surface area contributed by atoms with Crippen LogP contribution in [0.3, 0.4) is 0 Å². The minimum absolute atomic E-state index is 0.0527. The first-order chi connectivity index (χ1) is 7.83. The lowest BCUT2D eigenvalue weighted by atomic mass is 9.94. The van der Waals surface area contributed by atoms with Gasteiger partial charge in [-0.25, -0.2) is 0 Å². The molecule has 1 fully saturated rings. The predicted octanol–water partition coefficient (Wildman–Crippen LogP) is 0.271. The van der Waals surface area contributed by atoms with E-state index in [0.29, 0.717) is 18.7 Å². The Bertz CT molecular complexity index is 410. The van der Waals surface area contributed by atoms with Gasteiger partial charge in [0.25, 0.3) is 0 Å². The molecule has 2 rings (SSSR count). The third-order valence-electron chi connectivity index (χ3n) is 3.07. The van der Waals surface area contributed by atoms with E-state index < -0.39 is 11.0 Å². The molecule has 1 aromatic heterocycles. The lowest BCUT2D eigenvalue weighted by Crippen LogP contribution is -2.40. The zero-order valence-corrected chi connectivity index (χ0v) is 10.4. The molecule has 0 aromatic carbocycles. The highest BCUT2D eigenvalue weighted by atomic mass is 16.3. The summed E-state index contributed by atoms with van der Waals surface area (Å²) in [6.45, 7) is 6.48. The van der Waals surface area contributed by atoms with Gasteiger partial charge >= 0.3 is 0 Å². The van der Waals surface area contributed by atoms with Gasteiger partial charge in [-0.1, -0.05) is 26.0 Å². The molecule has 6 heteroatoms. The zero-order chi connectivity index (χ0) is 12.7. The van der Waals surface area contributed by atoms with Crippen molar-refractivity contribution in [3.8, 4) is 0 Å². The van der Waals surface area contributed by atoms with Crippen molar-refractivity contribution in [2.75, 3.05) is 13.1 Å². The van der Waals surface area contributed by atoms with E-state index in [4.69, 9.17) is 0 Å². The standard InChI is InChI=1S/C11H18N4O2/c1-10(2,3)9(16)15-5-4-11(17,7-15)8-6-12-14-13-8/h6,17H,4-5,7H2,1-3H3,(H,12,13,14). The number of hydrogen-bond donors (Lipinski definition) is 2. The predicted molar refractivity (Wildman–Crippen MR) is 60.9 cm³/mol. The fourth-order valence-corrected chi connectivity index (χ4v) is 2.08. The van der Waals surface area contributed by atoms with Gasteiger partial charge in [0.05, 0.1) is 6.54 Å². The molecule has 1 atom stereocenters. The second kappa shape index (κ2) is 3.80. The Hall–Kier alpha value is -1.43. The second-order valence-electron chi connectivity index (χ2n) is 5.62. The zero-order valence-electron chi connectivity index (χ0n) is 10.4. The van der Waals surface area contributed by atoms with Crippen molar-refractivity contribution in [3.05, 3.63) is 11.9 Å². The minimum Gasteiger partial charge on any atom is -0.381 e. The average Bonchev–Trinajstić information content (AvgIpc) is 2.84. The van der Waals surface area contributed by atoms with Crippen molar-refractivity contribution in [2.45, 2.75) is 32.8 Å². The molecule has 0 bridgehead atoms. The fourth-order valence-electron chi connectivity index (χ4n) is 2.08. The maximum Gasteiger partial charge on any atom is 0.228 e. The molecule has 1 unspecified atom stereocenters. The van der Waals surface area contributed by atoms with Crippen LogP contribution in [-0.4, -0.2) is 44.4 Å². The number of nitrogens with zero attached hydrogens (tertiary/aromatic N) is 3. The normalized spacial score (nSPS) is 25.3. The SMILES string of the molecule is CC(C)(C)C(=O)N1CCC(O)(c2c[nH]nn2)C1. The van der Waals surface area contributed by atoms with E-state index in [1.807, 2.05) is 20.8 Å². The highest BCUT2D eigenvalue weighted by Gasteiger charge is 2.43. The molecular weight excluding hydrogens is 220 g/mol. The largest absolute Gasteiger partial charge is 0.381 e. The number of nitrogens with one attached hydrogen (secondary N) is 1. The first-order valence-electron chi connectivity index (χ1n) is 5.72. The van der Waals surface area contributed by atoms with E-state index in [9.17, 15) is 9.90 Å². The number of rotatable bonds is 1. The Kier molecular flexibility index (Phi) is 2.69. The first-order valence-corrected chi connectivity index (χ1v) is 5.72. The van der Waals surface area contributed by atoms with Crippen LogP contribution in [0.25, 0.3) is 0 Å². The van der Waals surface area contributed by atoms with E-state index in [1.54, 1.807) is 11.1 Å². The van der Waals surface area contributed by atoms with Crippen LogP contribution in [-0.2, 0) is 10.4 Å². The van der Waals surface area contributed by atoms with Crippen molar-refractivity contribution >= 4 is 5.91 Å². The van der Waals surface area contributed by atoms with Crippen molar-refractivity contribution < 1.29 is 9.90 Å². The summed E-state index contributed by atoms with van der Waals surface area (Å²) >= 11 is 0. The molecule has 0 radical (unpaired) electrons. The number of aromatic amines is 1. The van der Waals surface area contributed by atoms with Gasteiger partial charge in [-0.05, 0) is 0 Å². The van der Waals surface area contributed by atoms with E-state index in [0.717, 1.165) is 0 Å². The summed E-state index contributed by atoms with van der Waals surface area (Å²) in [7, 11) is 0. The van der Waals surface area contributed by atoms with E-state index in [-0.39, 0.29) is 12.5 Å². The van der Waals surface area contributed by atoms with Gasteiger partial charge < -0.3 is 10.0 Å². The van der Waals surface area contributed by atoms with Gasteiger partial charge in [0.2, 0.25) is 5.91 Å². The number of carbonyl (C=O) groups excluding carboxylic acids is 1. The van der Waals surface area contributed by atoms with Crippen molar-refractivity contribution in [1.82, 2.24) is 20.3 Å². The first kappa shape index (κ1) is 12.0. The fraction of sp³-hybridized carbons (Fsp3) is 0.727. The molecule has 1 aliphatic rings. The van der Waals surface area contributed by atoms with Crippen LogP contribution in [0.2, 0.25) is 0 Å². The van der Waals surface area contributed by atoms with Crippen LogP contribution in [0.4, 0.5) is 0 Å². The summed E-state index contributed by atoms with van der Waals surface area (Å²) in [5.41, 5.74) is -0.982. The average molecular weight is 238 g/mol. The summed E-state index contributed by atoms with van der Waals surface area (Å²) in [5.74, 6) is 0.0527. The Labute approximate surface area is 100 Å². The van der Waals surface area contributed by atoms with Crippen LogP contribution in [0.5, 0.6) is 0 Å². The van der Waals surface area contributed by atoms with Crippen molar-refractivity contribution in [2.24, 2.45) is 5.41 Å². The third-order valence-corrected chi connectivity index (χ3v) is 3.07. The Morgan fingerprint density at radius 1 is 1.59 bits per heavy atom. The molecule has 1 aromatic rings. The number of β-amino-alcohol motifs (C(OH)–C–C–N with tert-alkyl or cyclic N) is 1. The Balaban J connectivity index is 2.13. The van der Waals surface area contributed by atoms with Crippen molar-refractivity contribution in [1.29, 1.82) is 0 Å². The van der Waals surface area contributed by atoms with Gasteiger partial charge in [-0.2, -0.15) is 0 Å². The summed E-state index contributed by atoms with van der Waals surface area (Å²) in [5, 5.41) is 20.4. The third kappa shape index (κ3) is 2.17. The number of amides is 1. The maximum atomic E-state index is 12.1. The molecule has 0 saturated carbocycles. The number of aromatic nitrogens is 3. The molecule has 6 nitrogen and oxygen atoms in total. The minimum atomic E-state index is -1.06. The molecule has 0 spiro atoms. The molecule has 0 aliphatic carbocycles. The molecule has 17 heavy (non-hydrogen) atoms. The molecule has 1 saturated heterocycles. The van der Waals surface area contributed by atoms with Crippen LogP contribution in [0.15, 0.2) is 6.20 Å². The summed E-state index contributed by atoms with van der Waals surface area (Å²) in [6, 6.07) is 0. The second-order valence-corrected chi connectivity index (χ2v) is 5.62. The molecular formula is C11H18N4O2. The smallest absolute Gasteiger partial charge is 0.228 e. The number of H-pyrrole nitrogens is 1. The lowest BCUT2D eigenvalue weighted by Gasteiger charge is -2.27. The van der Waals surface area contributed by atoms with E-state index in [1.165, 1.54) is 0 Å². The molecule has 1 aliphatic heterocycles. The quantitative estimate of drug-likeness (QED) is 0.735. The number of likely N-dealkylation sites (tertiary alicyclic amines) is 1. The highest BCUT2D eigenvalue weighted by Crippen LogP contribution is 2.32. The summed E-state index contributed by atoms with van der Waals surface area (Å²) in [6.07, 6.45) is 2.08. The summed E-state index contributed by atoms with van der Waals surface area (Å²) in [4.78, 5) is 13.8. The van der Waals surface area contributed by atoms with E-state index >= 15 is 0 Å². The monoisotopic (exact) mass is 238 g/mol. The molecule has 94 valence electrons.